The van der Waals surface area contributed by atoms with E-state index in [1.807, 2.05) is 49.5 Å². The molecule has 0 radical (unpaired) electrons. The van der Waals surface area contributed by atoms with Crippen molar-refractivity contribution in [3.8, 4) is 34.0 Å². The molecule has 0 aliphatic heterocycles. The van der Waals surface area contributed by atoms with Gasteiger partial charge in [-0.3, -0.25) is 4.98 Å². The molecule has 240 valence electrons. The molecule has 1 aliphatic carbocycles. The van der Waals surface area contributed by atoms with Gasteiger partial charge >= 0.3 is 6.18 Å². The third kappa shape index (κ3) is 7.14. The molecule has 2 heterocycles. The van der Waals surface area contributed by atoms with Crippen LogP contribution in [0.3, 0.4) is 0 Å². The second-order valence-electron chi connectivity index (χ2n) is 10.6. The van der Waals surface area contributed by atoms with Gasteiger partial charge in [0.2, 0.25) is 5.88 Å². The Labute approximate surface area is 272 Å². The number of nitrogens with zero attached hydrogens (tertiary/aromatic N) is 2. The number of aromatic nitrogens is 2. The molecule has 0 amide bonds. The summed E-state index contributed by atoms with van der Waals surface area (Å²) in [7, 11) is 6.56. The molecular weight excluding hydrogens is 626 g/mol. The maximum Gasteiger partial charge on any atom is 0.419 e. The summed E-state index contributed by atoms with van der Waals surface area (Å²) in [5.74, 6) is 0.622. The number of nitrogens with one attached hydrogen (secondary N) is 3. The highest BCUT2D eigenvalue weighted by atomic mass is 35.5. The Morgan fingerprint density at radius 2 is 1.71 bits per heavy atom. The van der Waals surface area contributed by atoms with Crippen molar-refractivity contribution in [2.75, 3.05) is 33.6 Å². The number of anilines is 1. The first-order valence-electron chi connectivity index (χ1n) is 14.3. The molecule has 0 saturated carbocycles. The standard InChI is InChI=1S/C33H35ClF3N5O2.ClH/c1-38-17-20-12-11-19(16-28(20)43-3)30-29(34)25(13-14-40-30)23-7-5-9-24-22(23)8-6-10-27(24)41-31-26(33(35,36)37)15-21(18-39-2)32(42-31)44-4;/h5,7,9,11-16,27,38-39H,6,8,10,17-18H2,1-4H3,(H,41,42);1H. The molecule has 0 bridgehead atoms. The lowest BCUT2D eigenvalue weighted by molar-refractivity contribution is -0.137. The van der Waals surface area contributed by atoms with Crippen LogP contribution < -0.4 is 25.4 Å². The second-order valence-corrected chi connectivity index (χ2v) is 11.0. The van der Waals surface area contributed by atoms with Crippen LogP contribution in [0.25, 0.3) is 22.4 Å². The summed E-state index contributed by atoms with van der Waals surface area (Å²) < 4.78 is 53.5. The summed E-state index contributed by atoms with van der Waals surface area (Å²) >= 11 is 7.04. The van der Waals surface area contributed by atoms with Crippen molar-refractivity contribution in [3.05, 3.63) is 87.6 Å². The average molecular weight is 663 g/mol. The molecule has 1 unspecified atom stereocenters. The lowest BCUT2D eigenvalue weighted by atomic mass is 9.83. The lowest BCUT2D eigenvalue weighted by Crippen LogP contribution is -2.22. The first kappa shape index (κ1) is 34.3. The zero-order chi connectivity index (χ0) is 31.4. The molecule has 5 rings (SSSR count). The van der Waals surface area contributed by atoms with Crippen molar-refractivity contribution in [1.29, 1.82) is 0 Å². The first-order valence-corrected chi connectivity index (χ1v) is 14.7. The minimum absolute atomic E-state index is 0. The number of halogens is 5. The number of alkyl halides is 3. The van der Waals surface area contributed by atoms with Crippen LogP contribution in [0.1, 0.15) is 46.7 Å². The fraction of sp³-hybridized carbons (Fsp3) is 0.333. The molecule has 2 aromatic heterocycles. The zero-order valence-electron chi connectivity index (χ0n) is 25.4. The van der Waals surface area contributed by atoms with Crippen molar-refractivity contribution in [2.24, 2.45) is 0 Å². The lowest BCUT2D eigenvalue weighted by Gasteiger charge is -2.30. The molecule has 4 aromatic rings. The van der Waals surface area contributed by atoms with Gasteiger partial charge in [0.05, 0.1) is 36.5 Å². The maximum absolute atomic E-state index is 14.2. The van der Waals surface area contributed by atoms with Crippen molar-refractivity contribution in [1.82, 2.24) is 20.6 Å². The second kappa shape index (κ2) is 14.7. The number of ether oxygens (including phenoxy) is 2. The summed E-state index contributed by atoms with van der Waals surface area (Å²) in [5, 5.41) is 9.62. The van der Waals surface area contributed by atoms with E-state index >= 15 is 0 Å². The SMILES string of the molecule is CNCc1ccc(-c2nccc(-c3cccc4c3CCCC4Nc3nc(OC)c(CNC)cc3C(F)(F)F)c2Cl)cc1OC.Cl. The monoisotopic (exact) mass is 661 g/mol. The third-order valence-corrected chi connectivity index (χ3v) is 8.24. The van der Waals surface area contributed by atoms with Gasteiger partial charge in [-0.15, -0.1) is 12.4 Å². The van der Waals surface area contributed by atoms with Gasteiger partial charge < -0.3 is 25.4 Å². The summed E-state index contributed by atoms with van der Waals surface area (Å²) in [4.78, 5) is 8.87. The van der Waals surface area contributed by atoms with E-state index in [0.717, 1.165) is 58.0 Å². The Bertz CT molecular complexity index is 1650. The van der Waals surface area contributed by atoms with Crippen LogP contribution in [0.15, 0.2) is 54.7 Å². The fourth-order valence-corrected chi connectivity index (χ4v) is 6.18. The van der Waals surface area contributed by atoms with E-state index in [-0.39, 0.29) is 30.6 Å². The van der Waals surface area contributed by atoms with Crippen LogP contribution >= 0.6 is 24.0 Å². The number of methoxy groups -OCH3 is 2. The number of hydrogen-bond acceptors (Lipinski definition) is 7. The molecule has 7 nitrogen and oxygen atoms in total. The largest absolute Gasteiger partial charge is 0.496 e. The Balaban J connectivity index is 0.00000461. The van der Waals surface area contributed by atoms with Crippen molar-refractivity contribution < 1.29 is 22.6 Å². The van der Waals surface area contributed by atoms with Crippen molar-refractivity contribution in [2.45, 2.75) is 44.6 Å². The minimum atomic E-state index is -4.60. The summed E-state index contributed by atoms with van der Waals surface area (Å²) in [6.45, 7) is 0.847. The van der Waals surface area contributed by atoms with E-state index in [9.17, 15) is 13.2 Å². The minimum Gasteiger partial charge on any atom is -0.496 e. The Morgan fingerprint density at radius 3 is 2.40 bits per heavy atom. The Morgan fingerprint density at radius 1 is 0.956 bits per heavy atom. The van der Waals surface area contributed by atoms with Crippen LogP contribution in [0.2, 0.25) is 5.02 Å². The van der Waals surface area contributed by atoms with Crippen LogP contribution in [0.4, 0.5) is 19.0 Å². The van der Waals surface area contributed by atoms with Gasteiger partial charge in [0.15, 0.2) is 0 Å². The van der Waals surface area contributed by atoms with Gasteiger partial charge in [-0.25, -0.2) is 0 Å². The van der Waals surface area contributed by atoms with Crippen molar-refractivity contribution >= 4 is 29.8 Å². The normalized spacial score (nSPS) is 14.4. The molecule has 0 spiro atoms. The van der Waals surface area contributed by atoms with Gasteiger partial charge in [0.1, 0.15) is 11.6 Å². The van der Waals surface area contributed by atoms with E-state index in [2.05, 4.69) is 25.9 Å². The number of benzene rings is 2. The highest BCUT2D eigenvalue weighted by molar-refractivity contribution is 6.35. The van der Waals surface area contributed by atoms with Crippen molar-refractivity contribution in [3.63, 3.8) is 0 Å². The smallest absolute Gasteiger partial charge is 0.419 e. The summed E-state index contributed by atoms with van der Waals surface area (Å²) in [5.41, 5.74) is 5.63. The fourth-order valence-electron chi connectivity index (χ4n) is 5.86. The van der Waals surface area contributed by atoms with Crippen LogP contribution in [0, 0.1) is 0 Å². The highest BCUT2D eigenvalue weighted by Crippen LogP contribution is 2.44. The molecule has 1 aliphatic rings. The van der Waals surface area contributed by atoms with E-state index < -0.39 is 17.8 Å². The third-order valence-electron chi connectivity index (χ3n) is 7.85. The molecular formula is C33H36Cl2F3N5O2. The van der Waals surface area contributed by atoms with Gasteiger partial charge in [0, 0.05) is 41.5 Å². The first-order chi connectivity index (χ1) is 21.2. The van der Waals surface area contributed by atoms with Crippen LogP contribution in [0.5, 0.6) is 11.6 Å². The highest BCUT2D eigenvalue weighted by Gasteiger charge is 2.37. The zero-order valence-corrected chi connectivity index (χ0v) is 27.0. The van der Waals surface area contributed by atoms with E-state index in [4.69, 9.17) is 21.1 Å². The van der Waals surface area contributed by atoms with E-state index in [1.54, 1.807) is 20.4 Å². The van der Waals surface area contributed by atoms with Gasteiger partial charge in [0.25, 0.3) is 0 Å². The predicted molar refractivity (Wildman–Crippen MR) is 175 cm³/mol. The molecule has 3 N–H and O–H groups in total. The molecule has 0 fully saturated rings. The number of pyridine rings is 2. The quantitative estimate of drug-likeness (QED) is 0.160. The van der Waals surface area contributed by atoms with Crippen LogP contribution in [-0.4, -0.2) is 38.3 Å². The Kier molecular flexibility index (Phi) is 11.2. The number of fused-ring (bicyclic) bond motifs is 1. The summed E-state index contributed by atoms with van der Waals surface area (Å²) in [6, 6.07) is 14.3. The van der Waals surface area contributed by atoms with Gasteiger partial charge in [-0.05, 0) is 68.2 Å². The Hall–Kier alpha value is -3.57. The molecule has 1 atom stereocenters. The molecule has 45 heavy (non-hydrogen) atoms. The molecule has 0 saturated heterocycles. The predicted octanol–water partition coefficient (Wildman–Crippen LogP) is 7.85. The van der Waals surface area contributed by atoms with Gasteiger partial charge in [-0.2, -0.15) is 18.2 Å². The topological polar surface area (TPSA) is 80.3 Å². The number of hydrogen-bond donors (Lipinski definition) is 3. The van der Waals surface area contributed by atoms with Gasteiger partial charge in [-0.1, -0.05) is 41.9 Å². The molecule has 12 heteroatoms. The number of rotatable bonds is 10. The maximum atomic E-state index is 14.2. The van der Waals surface area contributed by atoms with E-state index in [1.165, 1.54) is 7.11 Å². The van der Waals surface area contributed by atoms with E-state index in [0.29, 0.717) is 29.2 Å². The average Bonchev–Trinajstić information content (AvgIpc) is 3.01. The molecule has 2 aromatic carbocycles. The van der Waals surface area contributed by atoms with Crippen LogP contribution in [-0.2, 0) is 25.7 Å². The summed E-state index contributed by atoms with van der Waals surface area (Å²) in [6.07, 6.45) is -0.699.